The number of rotatable bonds is 4. The van der Waals surface area contributed by atoms with Gasteiger partial charge in [-0.2, -0.15) is 5.10 Å². The van der Waals surface area contributed by atoms with Crippen molar-refractivity contribution in [2.75, 3.05) is 31.1 Å². The smallest absolute Gasteiger partial charge is 0.270 e. The summed E-state index contributed by atoms with van der Waals surface area (Å²) in [6.45, 7) is 1.97. The average Bonchev–Trinajstić information content (AvgIpc) is 3.29. The molecule has 4 rings (SSSR count). The summed E-state index contributed by atoms with van der Waals surface area (Å²) in [7, 11) is 0. The zero-order valence-corrected chi connectivity index (χ0v) is 15.8. The molecular weight excluding hydrogens is 400 g/mol. The molecule has 0 saturated carbocycles. The van der Waals surface area contributed by atoms with Gasteiger partial charge in [-0.05, 0) is 18.2 Å². The van der Waals surface area contributed by atoms with E-state index in [1.54, 1.807) is 11.0 Å². The Bertz CT molecular complexity index is 1030. The molecular formula is C17H15ClN8O3. The summed E-state index contributed by atoms with van der Waals surface area (Å²) in [6.07, 6.45) is 2.95. The molecule has 2 aromatic heterocycles. The number of nitrogens with zero attached hydrogens (tertiary/aromatic N) is 8. The lowest BCUT2D eigenvalue weighted by Gasteiger charge is -2.35. The molecule has 3 heterocycles. The van der Waals surface area contributed by atoms with E-state index in [0.717, 1.165) is 0 Å². The van der Waals surface area contributed by atoms with E-state index in [-0.39, 0.29) is 22.2 Å². The van der Waals surface area contributed by atoms with Crippen molar-refractivity contribution in [2.24, 2.45) is 0 Å². The van der Waals surface area contributed by atoms with E-state index < -0.39 is 4.92 Å². The highest BCUT2D eigenvalue weighted by Gasteiger charge is 2.25. The van der Waals surface area contributed by atoms with Gasteiger partial charge in [-0.1, -0.05) is 11.6 Å². The Morgan fingerprint density at radius 3 is 2.41 bits per heavy atom. The van der Waals surface area contributed by atoms with Gasteiger partial charge in [0, 0.05) is 38.3 Å². The van der Waals surface area contributed by atoms with Crippen LogP contribution in [0.15, 0.2) is 43.0 Å². The third-order valence-corrected chi connectivity index (χ3v) is 4.90. The first-order chi connectivity index (χ1) is 14.0. The van der Waals surface area contributed by atoms with E-state index in [0.29, 0.717) is 37.8 Å². The molecule has 11 nitrogen and oxygen atoms in total. The predicted octanol–water partition coefficient (Wildman–Crippen LogP) is 1.58. The fourth-order valence-corrected chi connectivity index (χ4v) is 3.23. The summed E-state index contributed by atoms with van der Waals surface area (Å²) in [5.41, 5.74) is -0.0366. The zero-order chi connectivity index (χ0) is 20.4. The molecule has 0 unspecified atom stereocenters. The first-order valence-electron chi connectivity index (χ1n) is 8.70. The number of hydrogen-bond donors (Lipinski definition) is 0. The number of amides is 1. The number of carbonyl (C=O) groups is 1. The molecule has 12 heteroatoms. The number of hydrogen-bond acceptors (Lipinski definition) is 8. The lowest BCUT2D eigenvalue weighted by molar-refractivity contribution is -0.384. The van der Waals surface area contributed by atoms with Gasteiger partial charge in [-0.3, -0.25) is 14.9 Å². The van der Waals surface area contributed by atoms with Crippen molar-refractivity contribution in [3.05, 3.63) is 63.7 Å². The molecule has 3 aromatic rings. The summed E-state index contributed by atoms with van der Waals surface area (Å²) in [5, 5.41) is 23.5. The minimum absolute atomic E-state index is 0.131. The quantitative estimate of drug-likeness (QED) is 0.465. The van der Waals surface area contributed by atoms with Gasteiger partial charge in [-0.15, -0.1) is 10.2 Å². The van der Waals surface area contributed by atoms with Gasteiger partial charge in [0.05, 0.1) is 15.5 Å². The molecule has 0 bridgehead atoms. The van der Waals surface area contributed by atoms with Crippen LogP contribution in [0, 0.1) is 10.1 Å². The number of benzene rings is 1. The Morgan fingerprint density at radius 2 is 1.79 bits per heavy atom. The van der Waals surface area contributed by atoms with Crippen molar-refractivity contribution in [3.8, 4) is 5.82 Å². The van der Waals surface area contributed by atoms with E-state index >= 15 is 0 Å². The van der Waals surface area contributed by atoms with Gasteiger partial charge in [0.2, 0.25) is 0 Å². The van der Waals surface area contributed by atoms with Crippen molar-refractivity contribution in [1.82, 2.24) is 29.9 Å². The summed E-state index contributed by atoms with van der Waals surface area (Å²) >= 11 is 6.09. The molecule has 1 aromatic carbocycles. The highest BCUT2D eigenvalue weighted by molar-refractivity contribution is 6.33. The van der Waals surface area contributed by atoms with Crippen molar-refractivity contribution < 1.29 is 9.72 Å². The first kappa shape index (κ1) is 18.7. The summed E-state index contributed by atoms with van der Waals surface area (Å²) in [4.78, 5) is 30.7. The number of nitro benzene ring substituents is 1. The Balaban J connectivity index is 1.42. The molecule has 0 aliphatic carbocycles. The monoisotopic (exact) mass is 414 g/mol. The van der Waals surface area contributed by atoms with Gasteiger partial charge in [0.25, 0.3) is 11.6 Å². The third kappa shape index (κ3) is 3.85. The second-order valence-corrected chi connectivity index (χ2v) is 6.70. The number of aromatic nitrogens is 5. The van der Waals surface area contributed by atoms with Crippen LogP contribution in [0.5, 0.6) is 0 Å². The van der Waals surface area contributed by atoms with E-state index in [9.17, 15) is 14.9 Å². The van der Waals surface area contributed by atoms with Crippen LogP contribution in [0.25, 0.3) is 5.82 Å². The van der Waals surface area contributed by atoms with E-state index in [4.69, 9.17) is 11.6 Å². The Hall–Kier alpha value is -3.60. The Labute approximate surface area is 169 Å². The predicted molar refractivity (Wildman–Crippen MR) is 103 cm³/mol. The normalized spacial score (nSPS) is 14.1. The summed E-state index contributed by atoms with van der Waals surface area (Å²) in [5.74, 6) is 0.917. The molecule has 1 aliphatic rings. The van der Waals surface area contributed by atoms with Crippen LogP contribution >= 0.6 is 11.6 Å². The maximum Gasteiger partial charge on any atom is 0.270 e. The summed E-state index contributed by atoms with van der Waals surface area (Å²) < 4.78 is 1.51. The fraction of sp³-hybridized carbons (Fsp3) is 0.235. The molecule has 148 valence electrons. The van der Waals surface area contributed by atoms with Gasteiger partial charge < -0.3 is 9.80 Å². The minimum atomic E-state index is -0.549. The third-order valence-electron chi connectivity index (χ3n) is 4.57. The number of piperazine rings is 1. The van der Waals surface area contributed by atoms with Crippen LogP contribution in [0.1, 0.15) is 10.4 Å². The Kier molecular flexibility index (Phi) is 5.04. The van der Waals surface area contributed by atoms with Gasteiger partial charge in [0.15, 0.2) is 11.6 Å². The minimum Gasteiger partial charge on any atom is -0.352 e. The second-order valence-electron chi connectivity index (χ2n) is 6.29. The average molecular weight is 415 g/mol. The lowest BCUT2D eigenvalue weighted by atomic mass is 10.1. The number of carbonyl (C=O) groups excluding carboxylic acids is 1. The Morgan fingerprint density at radius 1 is 1.07 bits per heavy atom. The van der Waals surface area contributed by atoms with E-state index in [1.165, 1.54) is 35.5 Å². The van der Waals surface area contributed by atoms with Crippen molar-refractivity contribution in [2.45, 2.75) is 0 Å². The highest BCUT2D eigenvalue weighted by Crippen LogP contribution is 2.24. The molecule has 1 saturated heterocycles. The molecule has 0 atom stereocenters. The van der Waals surface area contributed by atoms with Gasteiger partial charge >= 0.3 is 0 Å². The number of halogens is 1. The molecule has 1 fully saturated rings. The number of non-ortho nitro benzene ring substituents is 1. The maximum absolute atomic E-state index is 12.8. The van der Waals surface area contributed by atoms with Crippen LogP contribution in [-0.2, 0) is 0 Å². The topological polar surface area (TPSA) is 123 Å². The van der Waals surface area contributed by atoms with Crippen molar-refractivity contribution in [3.63, 3.8) is 0 Å². The van der Waals surface area contributed by atoms with Crippen LogP contribution < -0.4 is 4.90 Å². The van der Waals surface area contributed by atoms with Crippen LogP contribution in [-0.4, -0.2) is 66.9 Å². The van der Waals surface area contributed by atoms with Crippen LogP contribution in [0.3, 0.4) is 0 Å². The zero-order valence-electron chi connectivity index (χ0n) is 15.1. The van der Waals surface area contributed by atoms with E-state index in [1.807, 2.05) is 11.0 Å². The maximum atomic E-state index is 12.8. The lowest BCUT2D eigenvalue weighted by Crippen LogP contribution is -2.49. The largest absolute Gasteiger partial charge is 0.352 e. The van der Waals surface area contributed by atoms with Crippen LogP contribution in [0.2, 0.25) is 5.02 Å². The number of anilines is 1. The van der Waals surface area contributed by atoms with Crippen molar-refractivity contribution >= 4 is 29.0 Å². The summed E-state index contributed by atoms with van der Waals surface area (Å²) in [6, 6.07) is 7.48. The van der Waals surface area contributed by atoms with Gasteiger partial charge in [-0.25, -0.2) is 9.67 Å². The SMILES string of the molecule is O=C(c1cc([N+](=O)[O-])ccc1Cl)N1CCN(c2ccc(-n3cncn3)nn2)CC1. The van der Waals surface area contributed by atoms with Crippen LogP contribution in [0.4, 0.5) is 11.5 Å². The molecule has 29 heavy (non-hydrogen) atoms. The molecule has 0 N–H and O–H groups in total. The van der Waals surface area contributed by atoms with E-state index in [2.05, 4.69) is 20.3 Å². The first-order valence-corrected chi connectivity index (χ1v) is 9.07. The molecule has 1 amide bonds. The molecule has 0 radical (unpaired) electrons. The number of nitro groups is 1. The molecule has 0 spiro atoms. The fourth-order valence-electron chi connectivity index (χ4n) is 3.04. The molecule has 1 aliphatic heterocycles. The standard InChI is InChI=1S/C17H15ClN8O3/c18-14-2-1-12(26(28)29)9-13(14)17(27)24-7-5-23(6-8-24)15-3-4-16(22-21-15)25-11-19-10-20-25/h1-4,9-11H,5-8H2. The van der Waals surface area contributed by atoms with Crippen molar-refractivity contribution in [1.29, 1.82) is 0 Å². The van der Waals surface area contributed by atoms with Gasteiger partial charge in [0.1, 0.15) is 12.7 Å². The highest BCUT2D eigenvalue weighted by atomic mass is 35.5. The second kappa shape index (κ2) is 7.80.